The first-order chi connectivity index (χ1) is 8.27. The molecule has 86 valence electrons. The molecule has 2 aromatic rings. The molecular formula is C13H10O3S. The fourth-order valence-corrected chi connectivity index (χ4v) is 2.84. The summed E-state index contributed by atoms with van der Waals surface area (Å²) in [5.41, 5.74) is 0.173. The van der Waals surface area contributed by atoms with Gasteiger partial charge in [-0.2, -0.15) is 0 Å². The molecule has 3 rings (SSSR count). The van der Waals surface area contributed by atoms with Crippen LogP contribution >= 0.6 is 11.8 Å². The third-order valence-corrected chi connectivity index (χ3v) is 3.87. The number of rotatable bonds is 1. The van der Waals surface area contributed by atoms with E-state index in [2.05, 4.69) is 0 Å². The fraction of sp³-hybridized carbons (Fsp3) is 0.154. The van der Waals surface area contributed by atoms with Crippen molar-refractivity contribution in [2.45, 2.75) is 11.7 Å². The van der Waals surface area contributed by atoms with Crippen LogP contribution in [-0.4, -0.2) is 5.11 Å². The van der Waals surface area contributed by atoms with Gasteiger partial charge in [0, 0.05) is 0 Å². The summed E-state index contributed by atoms with van der Waals surface area (Å²) >= 11 is 1.55. The van der Waals surface area contributed by atoms with Gasteiger partial charge < -0.3 is 9.52 Å². The lowest BCUT2D eigenvalue weighted by Crippen LogP contribution is -2.05. The van der Waals surface area contributed by atoms with Crippen LogP contribution in [0.3, 0.4) is 0 Å². The van der Waals surface area contributed by atoms with Crippen molar-refractivity contribution in [1.82, 2.24) is 0 Å². The maximum Gasteiger partial charge on any atom is 0.234 e. The molecule has 1 aromatic carbocycles. The zero-order valence-corrected chi connectivity index (χ0v) is 9.74. The second-order valence-corrected chi connectivity index (χ2v) is 4.99. The van der Waals surface area contributed by atoms with Crippen LogP contribution in [-0.2, 0) is 0 Å². The van der Waals surface area contributed by atoms with Crippen LogP contribution in [0.15, 0.2) is 45.0 Å². The summed E-state index contributed by atoms with van der Waals surface area (Å²) in [7, 11) is 0. The van der Waals surface area contributed by atoms with Crippen molar-refractivity contribution >= 4 is 22.7 Å². The molecule has 17 heavy (non-hydrogen) atoms. The lowest BCUT2D eigenvalue weighted by atomic mass is 10.1. The highest BCUT2D eigenvalue weighted by Gasteiger charge is 2.23. The molecule has 0 saturated heterocycles. The highest BCUT2D eigenvalue weighted by atomic mass is 32.2. The predicted octanol–water partition coefficient (Wildman–Crippen LogP) is 3.19. The summed E-state index contributed by atoms with van der Waals surface area (Å²) in [5.74, 6) is 0.119. The largest absolute Gasteiger partial charge is 0.502 e. The molecule has 1 atom stereocenters. The van der Waals surface area contributed by atoms with Crippen molar-refractivity contribution in [3.8, 4) is 5.75 Å². The molecule has 0 bridgehead atoms. The molecule has 1 aliphatic rings. The smallest absolute Gasteiger partial charge is 0.234 e. The van der Waals surface area contributed by atoms with Crippen molar-refractivity contribution in [1.29, 1.82) is 0 Å². The Bertz CT molecular complexity index is 649. The quantitative estimate of drug-likeness (QED) is 0.839. The number of allylic oxidation sites excluding steroid dienone is 1. The monoisotopic (exact) mass is 246 g/mol. The molecule has 0 saturated carbocycles. The minimum absolute atomic E-state index is 0.00676. The maximum atomic E-state index is 12.0. The van der Waals surface area contributed by atoms with Crippen LogP contribution < -0.4 is 5.43 Å². The van der Waals surface area contributed by atoms with Crippen molar-refractivity contribution in [2.24, 2.45) is 0 Å². The van der Waals surface area contributed by atoms with Crippen LogP contribution in [0.5, 0.6) is 5.75 Å². The van der Waals surface area contributed by atoms with Crippen molar-refractivity contribution in [3.63, 3.8) is 0 Å². The van der Waals surface area contributed by atoms with Crippen LogP contribution in [0.2, 0.25) is 0 Å². The van der Waals surface area contributed by atoms with Gasteiger partial charge in [-0.25, -0.2) is 0 Å². The Morgan fingerprint density at radius 3 is 2.94 bits per heavy atom. The standard InChI is InChI=1S/C13H10O3S/c14-11-8-4-1-2-5-9(8)16-13(12(11)15)10-6-3-7-17-10/h1-5,7,10,15H,6H2. The average Bonchev–Trinajstić information content (AvgIpc) is 2.87. The fourth-order valence-electron chi connectivity index (χ4n) is 1.92. The summed E-state index contributed by atoms with van der Waals surface area (Å²) < 4.78 is 5.65. The molecule has 2 heterocycles. The summed E-state index contributed by atoms with van der Waals surface area (Å²) in [4.78, 5) is 12.0. The maximum absolute atomic E-state index is 12.0. The van der Waals surface area contributed by atoms with E-state index >= 15 is 0 Å². The zero-order chi connectivity index (χ0) is 11.8. The van der Waals surface area contributed by atoms with E-state index in [0.29, 0.717) is 16.7 Å². The van der Waals surface area contributed by atoms with Gasteiger partial charge in [0.2, 0.25) is 11.2 Å². The topological polar surface area (TPSA) is 50.4 Å². The van der Waals surface area contributed by atoms with Crippen LogP contribution in [0.4, 0.5) is 0 Å². The lowest BCUT2D eigenvalue weighted by Gasteiger charge is -2.10. The summed E-state index contributed by atoms with van der Waals surface area (Å²) in [6.45, 7) is 0. The summed E-state index contributed by atoms with van der Waals surface area (Å²) in [6, 6.07) is 6.97. The van der Waals surface area contributed by atoms with Gasteiger partial charge in [-0.1, -0.05) is 18.2 Å². The normalized spacial score (nSPS) is 18.9. The van der Waals surface area contributed by atoms with E-state index in [4.69, 9.17) is 4.42 Å². The third kappa shape index (κ3) is 1.65. The molecule has 1 N–H and O–H groups in total. The molecule has 4 heteroatoms. The van der Waals surface area contributed by atoms with E-state index in [1.54, 1.807) is 30.0 Å². The van der Waals surface area contributed by atoms with E-state index in [1.807, 2.05) is 17.6 Å². The molecular weight excluding hydrogens is 236 g/mol. The number of thioether (sulfide) groups is 1. The van der Waals surface area contributed by atoms with E-state index in [0.717, 1.165) is 6.42 Å². The van der Waals surface area contributed by atoms with E-state index in [-0.39, 0.29) is 16.4 Å². The van der Waals surface area contributed by atoms with Gasteiger partial charge in [0.15, 0.2) is 5.76 Å². The second-order valence-electron chi connectivity index (χ2n) is 3.87. The van der Waals surface area contributed by atoms with E-state index in [9.17, 15) is 9.90 Å². The second kappa shape index (κ2) is 3.96. The summed E-state index contributed by atoms with van der Waals surface area (Å²) in [5, 5.41) is 12.3. The number of hydrogen-bond donors (Lipinski definition) is 1. The Morgan fingerprint density at radius 1 is 1.35 bits per heavy atom. The van der Waals surface area contributed by atoms with Crippen molar-refractivity contribution in [2.75, 3.05) is 0 Å². The van der Waals surface area contributed by atoms with Gasteiger partial charge in [0.25, 0.3) is 0 Å². The number of hydrogen-bond acceptors (Lipinski definition) is 4. The molecule has 1 aromatic heterocycles. The van der Waals surface area contributed by atoms with Crippen LogP contribution in [0.1, 0.15) is 17.4 Å². The van der Waals surface area contributed by atoms with Gasteiger partial charge in [-0.15, -0.1) is 11.8 Å². The first kappa shape index (κ1) is 10.5. The average molecular weight is 246 g/mol. The molecule has 1 unspecified atom stereocenters. The van der Waals surface area contributed by atoms with Crippen LogP contribution in [0, 0.1) is 0 Å². The van der Waals surface area contributed by atoms with Gasteiger partial charge >= 0.3 is 0 Å². The molecule has 1 aliphatic heterocycles. The highest BCUT2D eigenvalue weighted by molar-refractivity contribution is 8.02. The van der Waals surface area contributed by atoms with Gasteiger partial charge in [-0.3, -0.25) is 4.79 Å². The Balaban J connectivity index is 2.26. The van der Waals surface area contributed by atoms with Crippen molar-refractivity contribution in [3.05, 3.63) is 51.7 Å². The van der Waals surface area contributed by atoms with Gasteiger partial charge in [0.1, 0.15) is 5.58 Å². The minimum atomic E-state index is -0.352. The van der Waals surface area contributed by atoms with Gasteiger partial charge in [-0.05, 0) is 24.0 Å². The number of aromatic hydroxyl groups is 1. The molecule has 0 fully saturated rings. The van der Waals surface area contributed by atoms with E-state index in [1.165, 1.54) is 0 Å². The Labute approximate surface area is 102 Å². The Morgan fingerprint density at radius 2 is 2.18 bits per heavy atom. The first-order valence-corrected chi connectivity index (χ1v) is 6.27. The molecule has 0 spiro atoms. The minimum Gasteiger partial charge on any atom is -0.502 e. The molecule has 0 amide bonds. The number of para-hydroxylation sites is 1. The SMILES string of the molecule is O=c1c(O)c(C2CC=CS2)oc2ccccc12. The number of fused-ring (bicyclic) bond motifs is 1. The highest BCUT2D eigenvalue weighted by Crippen LogP contribution is 2.41. The Kier molecular flexibility index (Phi) is 2.44. The van der Waals surface area contributed by atoms with Gasteiger partial charge in [0.05, 0.1) is 10.6 Å². The summed E-state index contributed by atoms with van der Waals surface area (Å²) in [6.07, 6.45) is 2.78. The lowest BCUT2D eigenvalue weighted by molar-refractivity contribution is 0.415. The molecule has 0 radical (unpaired) electrons. The van der Waals surface area contributed by atoms with Crippen LogP contribution in [0.25, 0.3) is 11.0 Å². The first-order valence-electron chi connectivity index (χ1n) is 5.32. The zero-order valence-electron chi connectivity index (χ0n) is 8.92. The van der Waals surface area contributed by atoms with E-state index < -0.39 is 0 Å². The molecule has 3 nitrogen and oxygen atoms in total. The molecule has 0 aliphatic carbocycles. The third-order valence-electron chi connectivity index (χ3n) is 2.78. The van der Waals surface area contributed by atoms with Crippen molar-refractivity contribution < 1.29 is 9.52 Å². The predicted molar refractivity (Wildman–Crippen MR) is 68.2 cm³/mol. The number of benzene rings is 1. The Hall–Kier alpha value is -1.68.